The van der Waals surface area contributed by atoms with Gasteiger partial charge in [0.15, 0.2) is 5.82 Å². The summed E-state index contributed by atoms with van der Waals surface area (Å²) < 4.78 is 5.36. The van der Waals surface area contributed by atoms with Crippen LogP contribution in [0.3, 0.4) is 0 Å². The molecule has 0 spiro atoms. The fraction of sp³-hybridized carbons (Fsp3) is 0.167. The zero-order valence-corrected chi connectivity index (χ0v) is 14.9. The van der Waals surface area contributed by atoms with E-state index in [9.17, 15) is 0 Å². The SMILES string of the molecule is COc1cc(Cl)c(C)cc1Nc1cnnc(Nc2ccc(C)cc2)n1. The summed E-state index contributed by atoms with van der Waals surface area (Å²) in [7, 11) is 1.59. The molecule has 0 saturated carbocycles. The molecule has 0 saturated heterocycles. The van der Waals surface area contributed by atoms with Crippen molar-refractivity contribution in [1.29, 1.82) is 0 Å². The predicted molar refractivity (Wildman–Crippen MR) is 100 cm³/mol. The minimum atomic E-state index is 0.401. The van der Waals surface area contributed by atoms with Crippen LogP contribution < -0.4 is 15.4 Å². The number of nitrogens with one attached hydrogen (secondary N) is 2. The maximum Gasteiger partial charge on any atom is 0.249 e. The molecule has 1 heterocycles. The first-order valence-electron chi connectivity index (χ1n) is 7.70. The van der Waals surface area contributed by atoms with Crippen LogP contribution in [-0.2, 0) is 0 Å². The molecule has 3 rings (SSSR count). The number of hydrogen-bond donors (Lipinski definition) is 2. The standard InChI is InChI=1S/C18H18ClN5O/c1-11-4-6-13(7-5-11)21-18-23-17(10-20-24-18)22-15-8-12(2)14(19)9-16(15)25-3/h4-10H,1-3H3,(H2,21,22,23,24). The zero-order chi connectivity index (χ0) is 17.8. The van der Waals surface area contributed by atoms with Gasteiger partial charge in [-0.25, -0.2) is 0 Å². The normalized spacial score (nSPS) is 10.4. The van der Waals surface area contributed by atoms with Gasteiger partial charge in [-0.15, -0.1) is 5.10 Å². The van der Waals surface area contributed by atoms with Gasteiger partial charge < -0.3 is 15.4 Å². The Bertz CT molecular complexity index is 883. The van der Waals surface area contributed by atoms with Crippen LogP contribution in [0.15, 0.2) is 42.6 Å². The molecule has 0 fully saturated rings. The molecule has 2 aromatic carbocycles. The van der Waals surface area contributed by atoms with Gasteiger partial charge in [0.25, 0.3) is 0 Å². The van der Waals surface area contributed by atoms with Crippen molar-refractivity contribution in [2.75, 3.05) is 17.7 Å². The van der Waals surface area contributed by atoms with Gasteiger partial charge in [-0.3, -0.25) is 0 Å². The molecular weight excluding hydrogens is 338 g/mol. The molecule has 0 aliphatic heterocycles. The number of rotatable bonds is 5. The minimum absolute atomic E-state index is 0.401. The lowest BCUT2D eigenvalue weighted by Crippen LogP contribution is -2.03. The first kappa shape index (κ1) is 17.0. The van der Waals surface area contributed by atoms with E-state index in [4.69, 9.17) is 16.3 Å². The van der Waals surface area contributed by atoms with E-state index >= 15 is 0 Å². The van der Waals surface area contributed by atoms with Crippen molar-refractivity contribution in [3.05, 3.63) is 58.7 Å². The maximum atomic E-state index is 6.14. The lowest BCUT2D eigenvalue weighted by molar-refractivity contribution is 0.416. The summed E-state index contributed by atoms with van der Waals surface area (Å²) in [6, 6.07) is 11.6. The van der Waals surface area contributed by atoms with E-state index in [0.29, 0.717) is 22.5 Å². The van der Waals surface area contributed by atoms with Crippen LogP contribution >= 0.6 is 11.6 Å². The monoisotopic (exact) mass is 355 g/mol. The van der Waals surface area contributed by atoms with Gasteiger partial charge in [0.1, 0.15) is 5.75 Å². The largest absolute Gasteiger partial charge is 0.495 e. The van der Waals surface area contributed by atoms with Gasteiger partial charge in [-0.05, 0) is 37.6 Å². The van der Waals surface area contributed by atoms with E-state index in [-0.39, 0.29) is 0 Å². The van der Waals surface area contributed by atoms with Crippen molar-refractivity contribution in [1.82, 2.24) is 15.2 Å². The quantitative estimate of drug-likeness (QED) is 0.694. The number of aromatic nitrogens is 3. The number of aryl methyl sites for hydroxylation is 2. The van der Waals surface area contributed by atoms with E-state index in [1.165, 1.54) is 5.56 Å². The highest BCUT2D eigenvalue weighted by Gasteiger charge is 2.09. The Hall–Kier alpha value is -2.86. The second-order valence-corrected chi connectivity index (χ2v) is 5.99. The van der Waals surface area contributed by atoms with Gasteiger partial charge in [0.2, 0.25) is 5.95 Å². The minimum Gasteiger partial charge on any atom is -0.495 e. The zero-order valence-electron chi connectivity index (χ0n) is 14.2. The van der Waals surface area contributed by atoms with Gasteiger partial charge >= 0.3 is 0 Å². The lowest BCUT2D eigenvalue weighted by Gasteiger charge is -2.13. The summed E-state index contributed by atoms with van der Waals surface area (Å²) in [5, 5.41) is 15.0. The number of ether oxygens (including phenoxy) is 1. The number of anilines is 4. The van der Waals surface area contributed by atoms with E-state index in [2.05, 4.69) is 25.8 Å². The highest BCUT2D eigenvalue weighted by Crippen LogP contribution is 2.32. The van der Waals surface area contributed by atoms with Crippen molar-refractivity contribution in [2.45, 2.75) is 13.8 Å². The van der Waals surface area contributed by atoms with Gasteiger partial charge in [-0.1, -0.05) is 29.3 Å². The molecule has 6 nitrogen and oxygen atoms in total. The third-order valence-electron chi connectivity index (χ3n) is 3.61. The second kappa shape index (κ2) is 7.36. The number of methoxy groups -OCH3 is 1. The third-order valence-corrected chi connectivity index (χ3v) is 4.02. The second-order valence-electron chi connectivity index (χ2n) is 5.58. The number of benzene rings is 2. The highest BCUT2D eigenvalue weighted by atomic mass is 35.5. The van der Waals surface area contributed by atoms with Crippen LogP contribution in [0.5, 0.6) is 5.75 Å². The summed E-state index contributed by atoms with van der Waals surface area (Å²) in [6.07, 6.45) is 1.55. The Morgan fingerprint density at radius 2 is 1.80 bits per heavy atom. The summed E-state index contributed by atoms with van der Waals surface area (Å²) in [6.45, 7) is 3.96. The van der Waals surface area contributed by atoms with E-state index in [0.717, 1.165) is 16.9 Å². The summed E-state index contributed by atoms with van der Waals surface area (Å²) in [5.74, 6) is 1.57. The molecule has 2 N–H and O–H groups in total. The molecule has 0 radical (unpaired) electrons. The molecule has 0 atom stereocenters. The van der Waals surface area contributed by atoms with Gasteiger partial charge in [0, 0.05) is 16.8 Å². The molecular formula is C18H18ClN5O. The van der Waals surface area contributed by atoms with Crippen LogP contribution in [0.4, 0.5) is 23.1 Å². The van der Waals surface area contributed by atoms with Crippen molar-refractivity contribution in [3.63, 3.8) is 0 Å². The van der Waals surface area contributed by atoms with Gasteiger partial charge in [0.05, 0.1) is 19.0 Å². The highest BCUT2D eigenvalue weighted by molar-refractivity contribution is 6.31. The molecule has 1 aromatic heterocycles. The molecule has 7 heteroatoms. The van der Waals surface area contributed by atoms with Crippen LogP contribution in [0.2, 0.25) is 5.02 Å². The fourth-order valence-corrected chi connectivity index (χ4v) is 2.40. The smallest absolute Gasteiger partial charge is 0.249 e. The topological polar surface area (TPSA) is 72.0 Å². The van der Waals surface area contributed by atoms with Crippen LogP contribution in [-0.4, -0.2) is 22.3 Å². The maximum absolute atomic E-state index is 6.14. The Balaban J connectivity index is 1.82. The third kappa shape index (κ3) is 4.16. The average Bonchev–Trinajstić information content (AvgIpc) is 2.60. The Morgan fingerprint density at radius 1 is 1.04 bits per heavy atom. The lowest BCUT2D eigenvalue weighted by atomic mass is 10.2. The molecule has 0 aliphatic rings. The van der Waals surface area contributed by atoms with Crippen LogP contribution in [0.25, 0.3) is 0 Å². The Labute approximate surface area is 151 Å². The molecule has 25 heavy (non-hydrogen) atoms. The molecule has 0 unspecified atom stereocenters. The van der Waals surface area contributed by atoms with E-state index in [1.54, 1.807) is 19.4 Å². The number of nitrogens with zero attached hydrogens (tertiary/aromatic N) is 3. The summed E-state index contributed by atoms with van der Waals surface area (Å²) >= 11 is 6.14. The molecule has 0 aliphatic carbocycles. The first-order valence-corrected chi connectivity index (χ1v) is 8.07. The van der Waals surface area contributed by atoms with E-state index < -0.39 is 0 Å². The van der Waals surface area contributed by atoms with Crippen molar-refractivity contribution < 1.29 is 4.74 Å². The van der Waals surface area contributed by atoms with Gasteiger partial charge in [-0.2, -0.15) is 10.1 Å². The molecule has 3 aromatic rings. The fourth-order valence-electron chi connectivity index (χ4n) is 2.25. The van der Waals surface area contributed by atoms with Crippen molar-refractivity contribution in [2.24, 2.45) is 0 Å². The van der Waals surface area contributed by atoms with Crippen LogP contribution in [0, 0.1) is 13.8 Å². The Kier molecular flexibility index (Phi) is 5.00. The Morgan fingerprint density at radius 3 is 2.52 bits per heavy atom. The summed E-state index contributed by atoms with van der Waals surface area (Å²) in [5.41, 5.74) is 3.77. The average molecular weight is 356 g/mol. The number of hydrogen-bond acceptors (Lipinski definition) is 6. The molecule has 128 valence electrons. The molecule has 0 bridgehead atoms. The van der Waals surface area contributed by atoms with Crippen molar-refractivity contribution >= 4 is 34.7 Å². The predicted octanol–water partition coefficient (Wildman–Crippen LogP) is 4.64. The molecule has 0 amide bonds. The van der Waals surface area contributed by atoms with Crippen molar-refractivity contribution in [3.8, 4) is 5.75 Å². The summed E-state index contributed by atoms with van der Waals surface area (Å²) in [4.78, 5) is 4.43. The first-order chi connectivity index (χ1) is 12.0. The number of halogens is 1. The van der Waals surface area contributed by atoms with E-state index in [1.807, 2.05) is 44.2 Å². The van der Waals surface area contributed by atoms with Crippen LogP contribution in [0.1, 0.15) is 11.1 Å².